The standard InChI is InChI=1S/C36H49NO3/c1-22-12-15-36(31(39)40)17-16-34(6)26(29(36)23(22)2)10-11-28-33(5)20-25(19-24-9-8-18-37-21-24)30(38)32(3,4)27(33)13-14-35(28,34)7/h8-10,18-19,21-23,27-29H,11-17,20H2,1-7H3,(H,39,40)/b25-19-/t22-,23+,27+,28-,29+,33+,34-,35-,36+/m1/s1. The third-order valence-corrected chi connectivity index (χ3v) is 14.0. The van der Waals surface area contributed by atoms with Gasteiger partial charge in [0.1, 0.15) is 0 Å². The average Bonchev–Trinajstić information content (AvgIpc) is 2.90. The summed E-state index contributed by atoms with van der Waals surface area (Å²) >= 11 is 0. The Labute approximate surface area is 241 Å². The lowest BCUT2D eigenvalue weighted by Crippen LogP contribution is -2.65. The maximum Gasteiger partial charge on any atom is 0.310 e. The minimum absolute atomic E-state index is 0.00367. The number of aliphatic carboxylic acids is 1. The summed E-state index contributed by atoms with van der Waals surface area (Å²) in [7, 11) is 0. The van der Waals surface area contributed by atoms with Gasteiger partial charge in [-0.1, -0.05) is 66.2 Å². The highest BCUT2D eigenvalue weighted by Gasteiger charge is 2.70. The molecular formula is C36H49NO3. The fourth-order valence-corrected chi connectivity index (χ4v) is 11.5. The van der Waals surface area contributed by atoms with Crippen LogP contribution in [-0.2, 0) is 9.59 Å². The van der Waals surface area contributed by atoms with Crippen molar-refractivity contribution in [1.82, 2.24) is 4.98 Å². The second-order valence-electron chi connectivity index (χ2n) is 15.8. The molecule has 0 unspecified atom stereocenters. The molecule has 0 radical (unpaired) electrons. The Bertz CT molecular complexity index is 1290. The zero-order valence-corrected chi connectivity index (χ0v) is 25.7. The Morgan fingerprint density at radius 3 is 2.45 bits per heavy atom. The highest BCUT2D eigenvalue weighted by molar-refractivity contribution is 6.04. The molecule has 1 N–H and O–H groups in total. The summed E-state index contributed by atoms with van der Waals surface area (Å²) < 4.78 is 0. The number of fused-ring (bicyclic) bond motifs is 7. The van der Waals surface area contributed by atoms with E-state index in [4.69, 9.17) is 0 Å². The Hall–Kier alpha value is -2.23. The van der Waals surface area contributed by atoms with Crippen molar-refractivity contribution in [3.05, 3.63) is 47.3 Å². The van der Waals surface area contributed by atoms with Crippen molar-refractivity contribution in [3.8, 4) is 0 Å². The van der Waals surface area contributed by atoms with E-state index in [1.807, 2.05) is 18.3 Å². The second kappa shape index (κ2) is 8.88. The molecule has 5 aliphatic carbocycles. The van der Waals surface area contributed by atoms with Gasteiger partial charge >= 0.3 is 5.97 Å². The van der Waals surface area contributed by atoms with Gasteiger partial charge in [-0.15, -0.1) is 0 Å². The van der Waals surface area contributed by atoms with Crippen LogP contribution in [0.3, 0.4) is 0 Å². The molecule has 0 spiro atoms. The summed E-state index contributed by atoms with van der Waals surface area (Å²) in [6, 6.07) is 3.98. The maximum absolute atomic E-state index is 13.9. The van der Waals surface area contributed by atoms with E-state index in [9.17, 15) is 14.7 Å². The fourth-order valence-electron chi connectivity index (χ4n) is 11.5. The molecule has 0 bridgehead atoms. The molecule has 1 aromatic heterocycles. The number of nitrogens with zero attached hydrogens (tertiary/aromatic N) is 1. The molecule has 4 saturated carbocycles. The summed E-state index contributed by atoms with van der Waals surface area (Å²) in [4.78, 5) is 31.2. The molecule has 1 aromatic rings. The topological polar surface area (TPSA) is 67.3 Å². The number of hydrogen-bond donors (Lipinski definition) is 1. The van der Waals surface area contributed by atoms with Crippen LogP contribution >= 0.6 is 0 Å². The van der Waals surface area contributed by atoms with E-state index in [-0.39, 0.29) is 22.2 Å². The van der Waals surface area contributed by atoms with Crippen LogP contribution in [0.15, 0.2) is 41.7 Å². The Balaban J connectivity index is 1.46. The highest BCUT2D eigenvalue weighted by atomic mass is 16.4. The number of carbonyl (C=O) groups excluding carboxylic acids is 1. The molecule has 1 heterocycles. The number of hydrogen-bond acceptors (Lipinski definition) is 3. The number of aromatic nitrogens is 1. The van der Waals surface area contributed by atoms with Crippen molar-refractivity contribution in [3.63, 3.8) is 0 Å². The Morgan fingerprint density at radius 2 is 1.77 bits per heavy atom. The summed E-state index contributed by atoms with van der Waals surface area (Å²) in [5, 5.41) is 10.7. The first-order chi connectivity index (χ1) is 18.7. The average molecular weight is 544 g/mol. The van der Waals surface area contributed by atoms with E-state index in [1.54, 1.807) is 6.20 Å². The summed E-state index contributed by atoms with van der Waals surface area (Å²) in [6.07, 6.45) is 15.8. The van der Waals surface area contributed by atoms with Gasteiger partial charge in [-0.3, -0.25) is 14.6 Å². The number of pyridine rings is 1. The van der Waals surface area contributed by atoms with Crippen molar-refractivity contribution in [2.75, 3.05) is 0 Å². The first kappa shape index (κ1) is 27.9. The van der Waals surface area contributed by atoms with E-state index >= 15 is 0 Å². The van der Waals surface area contributed by atoms with Crippen molar-refractivity contribution < 1.29 is 14.7 Å². The number of carboxylic acids is 1. The van der Waals surface area contributed by atoms with Crippen LogP contribution in [0.5, 0.6) is 0 Å². The summed E-state index contributed by atoms with van der Waals surface area (Å²) in [5.74, 6) is 1.57. The molecule has 216 valence electrons. The molecule has 0 aromatic carbocycles. The zero-order valence-electron chi connectivity index (χ0n) is 25.7. The molecule has 4 nitrogen and oxygen atoms in total. The van der Waals surface area contributed by atoms with Crippen molar-refractivity contribution in [2.24, 2.45) is 56.7 Å². The van der Waals surface area contributed by atoms with Crippen LogP contribution in [0.25, 0.3) is 6.08 Å². The minimum atomic E-state index is -0.611. The van der Waals surface area contributed by atoms with Gasteiger partial charge < -0.3 is 5.11 Å². The highest BCUT2D eigenvalue weighted by Crippen LogP contribution is 2.75. The van der Waals surface area contributed by atoms with Crippen LogP contribution < -0.4 is 0 Å². The number of rotatable bonds is 2. The number of carbonyl (C=O) groups is 2. The van der Waals surface area contributed by atoms with Crippen molar-refractivity contribution in [1.29, 1.82) is 0 Å². The molecule has 4 heteroatoms. The molecule has 0 aliphatic heterocycles. The van der Waals surface area contributed by atoms with Gasteiger partial charge in [-0.2, -0.15) is 0 Å². The molecule has 5 aliphatic rings. The third-order valence-electron chi connectivity index (χ3n) is 14.0. The van der Waals surface area contributed by atoms with E-state index in [0.717, 1.165) is 62.5 Å². The van der Waals surface area contributed by atoms with E-state index in [1.165, 1.54) is 5.57 Å². The molecule has 4 fully saturated rings. The smallest absolute Gasteiger partial charge is 0.310 e. The lowest BCUT2D eigenvalue weighted by atomic mass is 9.33. The largest absolute Gasteiger partial charge is 0.481 e. The van der Waals surface area contributed by atoms with Gasteiger partial charge in [0, 0.05) is 17.8 Å². The fraction of sp³-hybridized carbons (Fsp3) is 0.694. The van der Waals surface area contributed by atoms with Crippen LogP contribution in [0.1, 0.15) is 105 Å². The summed E-state index contributed by atoms with van der Waals surface area (Å²) in [5.41, 5.74) is 2.45. The molecule has 6 rings (SSSR count). The predicted octanol–water partition coefficient (Wildman–Crippen LogP) is 8.39. The molecular weight excluding hydrogens is 494 g/mol. The predicted molar refractivity (Wildman–Crippen MR) is 159 cm³/mol. The van der Waals surface area contributed by atoms with Gasteiger partial charge in [0.2, 0.25) is 0 Å². The first-order valence-corrected chi connectivity index (χ1v) is 15.8. The first-order valence-electron chi connectivity index (χ1n) is 15.8. The molecule has 0 amide bonds. The van der Waals surface area contributed by atoms with Crippen LogP contribution in [-0.4, -0.2) is 21.8 Å². The monoisotopic (exact) mass is 543 g/mol. The minimum Gasteiger partial charge on any atom is -0.481 e. The van der Waals surface area contributed by atoms with Gasteiger partial charge in [0.15, 0.2) is 5.78 Å². The van der Waals surface area contributed by atoms with Gasteiger partial charge in [-0.05, 0) is 120 Å². The molecule has 0 saturated heterocycles. The van der Waals surface area contributed by atoms with Crippen LogP contribution in [0, 0.1) is 56.7 Å². The quantitative estimate of drug-likeness (QED) is 0.300. The van der Waals surface area contributed by atoms with E-state index in [2.05, 4.69) is 65.6 Å². The van der Waals surface area contributed by atoms with Crippen molar-refractivity contribution in [2.45, 2.75) is 99.8 Å². The lowest BCUT2D eigenvalue weighted by molar-refractivity contribution is -0.185. The SMILES string of the molecule is C[C@H]1[C@H](C)CC[C@]2(C(=O)O)CC[C@]3(C)C(=CC[C@@H]4[C@@]5(C)C/C(=C/c6cccnc6)C(=O)C(C)(C)[C@@H]5CC[C@]43C)[C@H]12. The van der Waals surface area contributed by atoms with E-state index < -0.39 is 16.8 Å². The molecule has 9 atom stereocenters. The zero-order chi connectivity index (χ0) is 28.9. The van der Waals surface area contributed by atoms with Gasteiger partial charge in [0.05, 0.1) is 5.41 Å². The van der Waals surface area contributed by atoms with Crippen molar-refractivity contribution >= 4 is 17.8 Å². The number of ketones is 1. The third kappa shape index (κ3) is 3.46. The lowest BCUT2D eigenvalue weighted by Gasteiger charge is -2.70. The maximum atomic E-state index is 13.9. The van der Waals surface area contributed by atoms with Gasteiger partial charge in [0.25, 0.3) is 0 Å². The van der Waals surface area contributed by atoms with E-state index in [0.29, 0.717) is 29.5 Å². The number of allylic oxidation sites excluding steroid dienone is 3. The Kier molecular flexibility index (Phi) is 6.20. The Morgan fingerprint density at radius 1 is 1.02 bits per heavy atom. The number of carboxylic acid groups (broad SMARTS) is 1. The molecule has 40 heavy (non-hydrogen) atoms. The number of Topliss-reactive ketones (excluding diaryl/α,β-unsaturated/α-hetero) is 1. The summed E-state index contributed by atoms with van der Waals surface area (Å²) in [6.45, 7) is 16.6. The second-order valence-corrected chi connectivity index (χ2v) is 15.8. The van der Waals surface area contributed by atoms with Gasteiger partial charge in [-0.25, -0.2) is 0 Å². The van der Waals surface area contributed by atoms with Crippen LogP contribution in [0.2, 0.25) is 0 Å². The normalized spacial score (nSPS) is 46.9. The van der Waals surface area contributed by atoms with Crippen LogP contribution in [0.4, 0.5) is 0 Å².